The molecule has 28 heavy (non-hydrogen) atoms. The molecule has 0 saturated carbocycles. The van der Waals surface area contributed by atoms with E-state index in [4.69, 9.17) is 0 Å². The number of pyridine rings is 1. The van der Waals surface area contributed by atoms with Crippen LogP contribution in [0.15, 0.2) is 34.1 Å². The molecule has 0 aliphatic rings. The maximum Gasteiger partial charge on any atom is 0.417 e. The largest absolute Gasteiger partial charge is 0.417 e. The Labute approximate surface area is 161 Å². The predicted octanol–water partition coefficient (Wildman–Crippen LogP) is 3.95. The number of hydrogen-bond acceptors (Lipinski definition) is 4. The third-order valence-corrected chi connectivity index (χ3v) is 5.52. The lowest BCUT2D eigenvalue weighted by molar-refractivity contribution is -0.137. The average Bonchev–Trinajstić information content (AvgIpc) is 3.11. The van der Waals surface area contributed by atoms with Crippen molar-refractivity contribution in [3.8, 4) is 11.4 Å². The third-order valence-electron chi connectivity index (χ3n) is 4.58. The molecular formula is C18H16F3N5OS. The molecule has 0 bridgehead atoms. The van der Waals surface area contributed by atoms with E-state index in [1.807, 2.05) is 13.0 Å². The molecular weight excluding hydrogens is 391 g/mol. The molecule has 0 spiro atoms. The standard InChI is InChI=1S/C18H16F3N5OS/c1-4-28-14-7-13-11(24-17(27)25(13)2)6-10(14)15-23-12-5-9(18(19,20)21)8-22-16(12)26(15)3/h5-8H,4H2,1-3H3,(H,24,27). The van der Waals surface area contributed by atoms with E-state index in [0.717, 1.165) is 34.0 Å². The zero-order valence-electron chi connectivity index (χ0n) is 15.3. The number of nitrogens with one attached hydrogen (secondary N) is 1. The Hall–Kier alpha value is -2.75. The highest BCUT2D eigenvalue weighted by Crippen LogP contribution is 2.36. The lowest BCUT2D eigenvalue weighted by atomic mass is 10.2. The first-order valence-electron chi connectivity index (χ1n) is 8.46. The fourth-order valence-electron chi connectivity index (χ4n) is 3.18. The molecule has 1 aromatic carbocycles. The highest BCUT2D eigenvalue weighted by atomic mass is 32.2. The van der Waals surface area contributed by atoms with E-state index in [1.54, 1.807) is 36.5 Å². The molecule has 1 N–H and O–H groups in total. The highest BCUT2D eigenvalue weighted by Gasteiger charge is 2.32. The summed E-state index contributed by atoms with van der Waals surface area (Å²) in [5, 5.41) is 0. The minimum absolute atomic E-state index is 0.168. The van der Waals surface area contributed by atoms with Gasteiger partial charge in [0, 0.05) is 30.8 Å². The van der Waals surface area contributed by atoms with Crippen LogP contribution < -0.4 is 5.69 Å². The van der Waals surface area contributed by atoms with E-state index in [1.165, 1.54) is 4.57 Å². The molecule has 4 aromatic rings. The van der Waals surface area contributed by atoms with Gasteiger partial charge in [-0.15, -0.1) is 11.8 Å². The first-order valence-corrected chi connectivity index (χ1v) is 9.45. The van der Waals surface area contributed by atoms with Crippen LogP contribution in [-0.2, 0) is 20.3 Å². The van der Waals surface area contributed by atoms with Gasteiger partial charge in [0.25, 0.3) is 0 Å². The van der Waals surface area contributed by atoms with E-state index >= 15 is 0 Å². The maximum absolute atomic E-state index is 13.0. The molecule has 4 rings (SSSR count). The number of fused-ring (bicyclic) bond motifs is 2. The smallest absolute Gasteiger partial charge is 0.312 e. The Morgan fingerprint density at radius 2 is 1.93 bits per heavy atom. The summed E-state index contributed by atoms with van der Waals surface area (Å²) in [4.78, 5) is 24.0. The molecule has 0 fully saturated rings. The van der Waals surface area contributed by atoms with Crippen LogP contribution in [0.5, 0.6) is 0 Å². The summed E-state index contributed by atoms with van der Waals surface area (Å²) in [6.45, 7) is 2.00. The molecule has 0 radical (unpaired) electrons. The number of aryl methyl sites for hydroxylation is 2. The monoisotopic (exact) mass is 407 g/mol. The van der Waals surface area contributed by atoms with Crippen molar-refractivity contribution in [2.45, 2.75) is 18.0 Å². The number of nitrogens with zero attached hydrogens (tertiary/aromatic N) is 4. The Bertz CT molecular complexity index is 1270. The summed E-state index contributed by atoms with van der Waals surface area (Å²) in [6.07, 6.45) is -3.67. The SMILES string of the molecule is CCSc1cc2c(cc1-c1nc3cc(C(F)(F)F)cnc3n1C)[nH]c(=O)n2C. The van der Waals surface area contributed by atoms with E-state index in [0.29, 0.717) is 17.0 Å². The van der Waals surface area contributed by atoms with Crippen LogP contribution in [-0.4, -0.2) is 29.8 Å². The second-order valence-electron chi connectivity index (χ2n) is 6.35. The van der Waals surface area contributed by atoms with Crippen LogP contribution in [0.2, 0.25) is 0 Å². The first kappa shape index (κ1) is 18.6. The number of aromatic nitrogens is 5. The van der Waals surface area contributed by atoms with Gasteiger partial charge in [-0.25, -0.2) is 14.8 Å². The van der Waals surface area contributed by atoms with Crippen molar-refractivity contribution in [2.75, 3.05) is 5.75 Å². The van der Waals surface area contributed by atoms with Gasteiger partial charge in [0.2, 0.25) is 0 Å². The van der Waals surface area contributed by atoms with E-state index in [-0.39, 0.29) is 11.2 Å². The van der Waals surface area contributed by atoms with Crippen LogP contribution >= 0.6 is 11.8 Å². The maximum atomic E-state index is 13.0. The summed E-state index contributed by atoms with van der Waals surface area (Å²) in [5.41, 5.74) is 1.57. The molecule has 0 atom stereocenters. The Kier molecular flexibility index (Phi) is 4.25. The molecule has 0 amide bonds. The number of hydrogen-bond donors (Lipinski definition) is 1. The van der Waals surface area contributed by atoms with Gasteiger partial charge in [-0.3, -0.25) is 4.57 Å². The molecule has 3 heterocycles. The first-order chi connectivity index (χ1) is 13.2. The number of H-pyrrole nitrogens is 1. The van der Waals surface area contributed by atoms with Gasteiger partial charge in [0.15, 0.2) is 5.65 Å². The predicted molar refractivity (Wildman–Crippen MR) is 102 cm³/mol. The molecule has 0 saturated heterocycles. The summed E-state index contributed by atoms with van der Waals surface area (Å²) in [7, 11) is 3.39. The van der Waals surface area contributed by atoms with Gasteiger partial charge in [-0.1, -0.05) is 6.92 Å². The summed E-state index contributed by atoms with van der Waals surface area (Å²) in [6, 6.07) is 4.70. The summed E-state index contributed by atoms with van der Waals surface area (Å²) >= 11 is 1.57. The van der Waals surface area contributed by atoms with Crippen LogP contribution in [0.3, 0.4) is 0 Å². The van der Waals surface area contributed by atoms with Gasteiger partial charge in [0.1, 0.15) is 11.3 Å². The fraction of sp³-hybridized carbons (Fsp3) is 0.278. The lowest BCUT2D eigenvalue weighted by Gasteiger charge is -2.09. The number of alkyl halides is 3. The number of aromatic amines is 1. The minimum Gasteiger partial charge on any atom is -0.312 e. The van der Waals surface area contributed by atoms with Crippen LogP contribution in [0.4, 0.5) is 13.2 Å². The topological polar surface area (TPSA) is 68.5 Å². The van der Waals surface area contributed by atoms with Crippen molar-refractivity contribution in [1.29, 1.82) is 0 Å². The van der Waals surface area contributed by atoms with Crippen LogP contribution in [0.25, 0.3) is 33.6 Å². The Morgan fingerprint density at radius 3 is 2.61 bits per heavy atom. The van der Waals surface area contributed by atoms with Gasteiger partial charge in [0.05, 0.1) is 16.6 Å². The zero-order chi connectivity index (χ0) is 20.2. The van der Waals surface area contributed by atoms with Crippen molar-refractivity contribution < 1.29 is 13.2 Å². The van der Waals surface area contributed by atoms with Crippen molar-refractivity contribution in [1.82, 2.24) is 24.1 Å². The fourth-order valence-corrected chi connectivity index (χ4v) is 3.99. The van der Waals surface area contributed by atoms with E-state index in [9.17, 15) is 18.0 Å². The Balaban J connectivity index is 1.98. The van der Waals surface area contributed by atoms with Crippen molar-refractivity contribution >= 4 is 34.0 Å². The van der Waals surface area contributed by atoms with Gasteiger partial charge < -0.3 is 9.55 Å². The third kappa shape index (κ3) is 2.88. The second-order valence-corrected chi connectivity index (χ2v) is 7.65. The second kappa shape index (κ2) is 6.40. The molecule has 10 heteroatoms. The normalized spacial score (nSPS) is 12.4. The molecule has 0 aliphatic carbocycles. The lowest BCUT2D eigenvalue weighted by Crippen LogP contribution is -2.11. The van der Waals surface area contributed by atoms with Gasteiger partial charge in [-0.2, -0.15) is 13.2 Å². The minimum atomic E-state index is -4.48. The number of imidazole rings is 2. The molecule has 0 unspecified atom stereocenters. The zero-order valence-corrected chi connectivity index (χ0v) is 16.1. The molecule has 3 aromatic heterocycles. The number of benzene rings is 1. The van der Waals surface area contributed by atoms with Gasteiger partial charge >= 0.3 is 11.9 Å². The molecule has 0 aliphatic heterocycles. The average molecular weight is 407 g/mol. The van der Waals surface area contributed by atoms with Gasteiger partial charge in [-0.05, 0) is 24.0 Å². The summed E-state index contributed by atoms with van der Waals surface area (Å²) < 4.78 is 42.2. The number of thioether (sulfide) groups is 1. The summed E-state index contributed by atoms with van der Waals surface area (Å²) in [5.74, 6) is 1.28. The Morgan fingerprint density at radius 1 is 1.18 bits per heavy atom. The highest BCUT2D eigenvalue weighted by molar-refractivity contribution is 7.99. The quantitative estimate of drug-likeness (QED) is 0.522. The van der Waals surface area contributed by atoms with Crippen LogP contribution in [0.1, 0.15) is 12.5 Å². The van der Waals surface area contributed by atoms with Crippen molar-refractivity contribution in [2.24, 2.45) is 14.1 Å². The van der Waals surface area contributed by atoms with Crippen molar-refractivity contribution in [3.05, 3.63) is 40.4 Å². The van der Waals surface area contributed by atoms with Crippen molar-refractivity contribution in [3.63, 3.8) is 0 Å². The van der Waals surface area contributed by atoms with Crippen LogP contribution in [0, 0.1) is 0 Å². The number of rotatable bonds is 3. The molecule has 146 valence electrons. The van der Waals surface area contributed by atoms with E-state index in [2.05, 4.69) is 15.0 Å². The number of halogens is 3. The molecule has 6 nitrogen and oxygen atoms in total. The van der Waals surface area contributed by atoms with E-state index < -0.39 is 11.7 Å².